The van der Waals surface area contributed by atoms with Crippen LogP contribution in [0.15, 0.2) is 58.2 Å². The summed E-state index contributed by atoms with van der Waals surface area (Å²) in [7, 11) is 1.68. The molecule has 0 saturated carbocycles. The minimum atomic E-state index is -0.215. The number of fused-ring (bicyclic) bond motifs is 1. The number of benzene rings is 2. The summed E-state index contributed by atoms with van der Waals surface area (Å²) >= 11 is 7.31. The fourth-order valence-electron chi connectivity index (χ4n) is 2.52. The number of hydrogen-bond donors (Lipinski definition) is 1. The number of anilines is 1. The van der Waals surface area contributed by atoms with Gasteiger partial charge in [-0.1, -0.05) is 23.7 Å². The maximum absolute atomic E-state index is 12.2. The van der Waals surface area contributed by atoms with Crippen LogP contribution in [0.25, 0.3) is 10.9 Å². The monoisotopic (exact) mass is 383 g/mol. The number of nitrogens with zero attached hydrogens (tertiary/aromatic N) is 2. The summed E-state index contributed by atoms with van der Waals surface area (Å²) in [6, 6.07) is 15.6. The predicted molar refractivity (Wildman–Crippen MR) is 105 cm³/mol. The number of carbonyl (C=O) groups excluding carboxylic acids is 1. The summed E-state index contributed by atoms with van der Waals surface area (Å²) in [5.41, 5.74) is 1.60. The third-order valence-corrected chi connectivity index (χ3v) is 5.10. The largest absolute Gasteiger partial charge is 0.325 e. The summed E-state index contributed by atoms with van der Waals surface area (Å²) in [5.74, 6) is -0.0744. The van der Waals surface area contributed by atoms with Gasteiger partial charge in [-0.2, -0.15) is 5.26 Å². The van der Waals surface area contributed by atoms with Crippen molar-refractivity contribution in [1.82, 2.24) is 4.57 Å². The number of pyridine rings is 1. The van der Waals surface area contributed by atoms with Crippen molar-refractivity contribution < 1.29 is 4.79 Å². The van der Waals surface area contributed by atoms with Gasteiger partial charge in [0.2, 0.25) is 5.91 Å². The van der Waals surface area contributed by atoms with Crippen molar-refractivity contribution in [3.8, 4) is 6.07 Å². The van der Waals surface area contributed by atoms with Crippen LogP contribution in [0.3, 0.4) is 0 Å². The first kappa shape index (κ1) is 18.1. The zero-order valence-corrected chi connectivity index (χ0v) is 15.4. The first-order valence-corrected chi connectivity index (χ1v) is 9.06. The molecule has 0 spiro atoms. The Bertz CT molecular complexity index is 1100. The fourth-order valence-corrected chi connectivity index (χ4v) is 3.56. The molecule has 0 unspecified atom stereocenters. The molecule has 0 saturated heterocycles. The molecule has 0 radical (unpaired) electrons. The van der Waals surface area contributed by atoms with E-state index in [-0.39, 0.29) is 17.2 Å². The Balaban J connectivity index is 1.79. The summed E-state index contributed by atoms with van der Waals surface area (Å²) < 4.78 is 1.53. The number of halogens is 1. The molecule has 1 aromatic heterocycles. The zero-order chi connectivity index (χ0) is 18.7. The maximum Gasteiger partial charge on any atom is 0.251 e. The second-order valence-electron chi connectivity index (χ2n) is 5.60. The second kappa shape index (κ2) is 7.65. The number of nitriles is 1. The summed E-state index contributed by atoms with van der Waals surface area (Å²) in [4.78, 5) is 25.1. The van der Waals surface area contributed by atoms with E-state index >= 15 is 0 Å². The molecule has 0 atom stereocenters. The van der Waals surface area contributed by atoms with E-state index in [1.54, 1.807) is 43.4 Å². The highest BCUT2D eigenvalue weighted by atomic mass is 35.5. The topological polar surface area (TPSA) is 74.9 Å². The van der Waals surface area contributed by atoms with E-state index in [2.05, 4.69) is 5.32 Å². The van der Waals surface area contributed by atoms with Crippen LogP contribution in [0, 0.1) is 11.3 Å². The van der Waals surface area contributed by atoms with Gasteiger partial charge in [-0.05, 0) is 30.3 Å². The van der Waals surface area contributed by atoms with Crippen LogP contribution in [0.1, 0.15) is 5.56 Å². The molecule has 0 bridgehead atoms. The minimum Gasteiger partial charge on any atom is -0.325 e. The normalized spacial score (nSPS) is 10.5. The van der Waals surface area contributed by atoms with Crippen LogP contribution in [0.5, 0.6) is 0 Å². The summed E-state index contributed by atoms with van der Waals surface area (Å²) in [5, 5.41) is 13.1. The lowest BCUT2D eigenvalue weighted by molar-refractivity contribution is -0.113. The second-order valence-corrected chi connectivity index (χ2v) is 7.05. The molecular weight excluding hydrogens is 370 g/mol. The van der Waals surface area contributed by atoms with E-state index in [0.717, 1.165) is 15.8 Å². The van der Waals surface area contributed by atoms with Crippen LogP contribution in [-0.4, -0.2) is 16.2 Å². The Hall–Kier alpha value is -2.75. The average Bonchev–Trinajstić information content (AvgIpc) is 2.63. The van der Waals surface area contributed by atoms with E-state index in [1.807, 2.05) is 12.1 Å². The molecule has 0 aliphatic heterocycles. The van der Waals surface area contributed by atoms with Gasteiger partial charge in [0.25, 0.3) is 5.56 Å². The summed E-state index contributed by atoms with van der Waals surface area (Å²) in [6.07, 6.45) is 0. The first-order valence-electron chi connectivity index (χ1n) is 7.70. The van der Waals surface area contributed by atoms with Gasteiger partial charge in [-0.3, -0.25) is 9.59 Å². The van der Waals surface area contributed by atoms with E-state index in [9.17, 15) is 9.59 Å². The number of hydrogen-bond acceptors (Lipinski definition) is 4. The SMILES string of the molecule is Cn1c(=O)cc(SCC(=O)Nc2cccc(C#N)c2)c2ccc(Cl)cc21. The molecule has 1 heterocycles. The molecule has 3 rings (SSSR count). The van der Waals surface area contributed by atoms with Crippen LogP contribution in [-0.2, 0) is 11.8 Å². The molecule has 2 aromatic carbocycles. The Morgan fingerprint density at radius 3 is 2.85 bits per heavy atom. The number of thioether (sulfide) groups is 1. The van der Waals surface area contributed by atoms with Crippen molar-refractivity contribution in [2.75, 3.05) is 11.1 Å². The average molecular weight is 384 g/mol. The standard InChI is InChI=1S/C19H14ClN3O2S/c1-23-16-8-13(20)5-6-15(16)17(9-19(23)25)26-11-18(24)22-14-4-2-3-12(7-14)10-21/h2-9H,11H2,1H3,(H,22,24). The van der Waals surface area contributed by atoms with Gasteiger partial charge >= 0.3 is 0 Å². The fraction of sp³-hybridized carbons (Fsp3) is 0.105. The molecule has 130 valence electrons. The van der Waals surface area contributed by atoms with E-state index < -0.39 is 0 Å². The number of aryl methyl sites for hydroxylation is 1. The number of aromatic nitrogens is 1. The molecule has 0 aliphatic carbocycles. The molecule has 0 fully saturated rings. The highest BCUT2D eigenvalue weighted by Crippen LogP contribution is 2.28. The first-order chi connectivity index (χ1) is 12.5. The van der Waals surface area contributed by atoms with Crippen molar-refractivity contribution in [3.05, 3.63) is 69.5 Å². The number of amides is 1. The van der Waals surface area contributed by atoms with Crippen molar-refractivity contribution >= 4 is 45.9 Å². The maximum atomic E-state index is 12.2. The van der Waals surface area contributed by atoms with Crippen LogP contribution in [0.4, 0.5) is 5.69 Å². The Kier molecular flexibility index (Phi) is 5.31. The Labute approximate surface area is 159 Å². The number of rotatable bonds is 4. The molecule has 0 aliphatic rings. The van der Waals surface area contributed by atoms with Crippen LogP contribution < -0.4 is 10.9 Å². The molecule has 26 heavy (non-hydrogen) atoms. The van der Waals surface area contributed by atoms with E-state index in [1.165, 1.54) is 22.4 Å². The van der Waals surface area contributed by atoms with Gasteiger partial charge in [0, 0.05) is 34.1 Å². The van der Waals surface area contributed by atoms with Gasteiger partial charge in [0.1, 0.15) is 0 Å². The smallest absolute Gasteiger partial charge is 0.251 e. The van der Waals surface area contributed by atoms with Crippen LogP contribution in [0.2, 0.25) is 5.02 Å². The molecule has 1 N–H and O–H groups in total. The third-order valence-electron chi connectivity index (χ3n) is 3.81. The lowest BCUT2D eigenvalue weighted by Crippen LogP contribution is -2.17. The lowest BCUT2D eigenvalue weighted by atomic mass is 10.2. The number of carbonyl (C=O) groups is 1. The van der Waals surface area contributed by atoms with E-state index in [4.69, 9.17) is 16.9 Å². The van der Waals surface area contributed by atoms with Crippen molar-refractivity contribution in [3.63, 3.8) is 0 Å². The molecular formula is C19H14ClN3O2S. The molecule has 5 nitrogen and oxygen atoms in total. The lowest BCUT2D eigenvalue weighted by Gasteiger charge is -2.10. The number of nitrogens with one attached hydrogen (secondary N) is 1. The quantitative estimate of drug-likeness (QED) is 0.695. The van der Waals surface area contributed by atoms with Gasteiger partial charge in [0.05, 0.1) is 22.9 Å². The summed E-state index contributed by atoms with van der Waals surface area (Å²) in [6.45, 7) is 0. The zero-order valence-electron chi connectivity index (χ0n) is 13.8. The van der Waals surface area contributed by atoms with Crippen molar-refractivity contribution in [2.45, 2.75) is 4.90 Å². The van der Waals surface area contributed by atoms with Gasteiger partial charge in [0.15, 0.2) is 0 Å². The molecule has 1 amide bonds. The van der Waals surface area contributed by atoms with Crippen LogP contribution >= 0.6 is 23.4 Å². The van der Waals surface area contributed by atoms with Crippen molar-refractivity contribution in [1.29, 1.82) is 5.26 Å². The van der Waals surface area contributed by atoms with Crippen molar-refractivity contribution in [2.24, 2.45) is 7.05 Å². The van der Waals surface area contributed by atoms with Gasteiger partial charge in [-0.15, -0.1) is 11.8 Å². The minimum absolute atomic E-state index is 0.141. The third kappa shape index (κ3) is 3.90. The van der Waals surface area contributed by atoms with E-state index in [0.29, 0.717) is 16.3 Å². The van der Waals surface area contributed by atoms with Gasteiger partial charge in [-0.25, -0.2) is 0 Å². The highest BCUT2D eigenvalue weighted by Gasteiger charge is 2.10. The van der Waals surface area contributed by atoms with Gasteiger partial charge < -0.3 is 9.88 Å². The molecule has 3 aromatic rings. The Morgan fingerprint density at radius 2 is 2.08 bits per heavy atom. The predicted octanol–water partition coefficient (Wildman–Crippen LogP) is 3.79. The highest BCUT2D eigenvalue weighted by molar-refractivity contribution is 8.00. The Morgan fingerprint density at radius 1 is 1.27 bits per heavy atom. The molecule has 7 heteroatoms.